The Morgan fingerprint density at radius 3 is 2.78 bits per heavy atom. The third-order valence-corrected chi connectivity index (χ3v) is 5.24. The number of aromatic nitrogens is 1. The molecule has 100 valence electrons. The van der Waals surface area contributed by atoms with Gasteiger partial charge in [-0.1, -0.05) is 0 Å². The van der Waals surface area contributed by atoms with E-state index in [2.05, 4.69) is 24.1 Å². The highest BCUT2D eigenvalue weighted by Gasteiger charge is 2.36. The Hall–Kier alpha value is -0.610. The van der Waals surface area contributed by atoms with Crippen LogP contribution in [0, 0.1) is 0 Å². The predicted molar refractivity (Wildman–Crippen MR) is 77.5 cm³/mol. The lowest BCUT2D eigenvalue weighted by Crippen LogP contribution is -2.38. The van der Waals surface area contributed by atoms with Gasteiger partial charge in [0.15, 0.2) is 5.13 Å². The fourth-order valence-corrected chi connectivity index (χ4v) is 4.24. The summed E-state index contributed by atoms with van der Waals surface area (Å²) in [5, 5.41) is 4.54. The number of nitrogens with one attached hydrogen (secondary N) is 1. The molecule has 1 N–H and O–H groups in total. The van der Waals surface area contributed by atoms with Gasteiger partial charge in [-0.3, -0.25) is 0 Å². The average molecular weight is 265 g/mol. The van der Waals surface area contributed by atoms with Crippen LogP contribution in [0.1, 0.15) is 56.0 Å². The summed E-state index contributed by atoms with van der Waals surface area (Å²) in [4.78, 5) is 8.95. The van der Waals surface area contributed by atoms with E-state index in [0.29, 0.717) is 0 Å². The van der Waals surface area contributed by atoms with E-state index in [0.717, 1.165) is 12.5 Å². The monoisotopic (exact) mass is 265 g/mol. The standard InChI is InChI=1S/C14H23N3S/c1-14(2)7-4-8-17(14)13-16-12(10-5-6-10)11(18-13)9-15-3/h10,15H,4-9H2,1-3H3. The van der Waals surface area contributed by atoms with Crippen molar-refractivity contribution in [2.75, 3.05) is 18.5 Å². The van der Waals surface area contributed by atoms with Crippen LogP contribution in [0.5, 0.6) is 0 Å². The molecule has 3 rings (SSSR count). The van der Waals surface area contributed by atoms with E-state index in [1.165, 1.54) is 47.9 Å². The minimum Gasteiger partial charge on any atom is -0.343 e. The molecule has 0 radical (unpaired) electrons. The molecule has 1 saturated carbocycles. The molecule has 1 saturated heterocycles. The minimum absolute atomic E-state index is 0.287. The highest BCUT2D eigenvalue weighted by Crippen LogP contribution is 2.45. The Kier molecular flexibility index (Phi) is 3.10. The van der Waals surface area contributed by atoms with Crippen molar-refractivity contribution in [3.63, 3.8) is 0 Å². The van der Waals surface area contributed by atoms with Gasteiger partial charge in [0, 0.05) is 29.4 Å². The maximum atomic E-state index is 4.97. The first-order valence-corrected chi connectivity index (χ1v) is 7.85. The zero-order chi connectivity index (χ0) is 12.8. The second kappa shape index (κ2) is 4.49. The molecule has 2 aliphatic rings. The molecule has 0 amide bonds. The fraction of sp³-hybridized carbons (Fsp3) is 0.786. The second-order valence-corrected chi connectivity index (χ2v) is 7.24. The van der Waals surface area contributed by atoms with Crippen LogP contribution >= 0.6 is 11.3 Å². The summed E-state index contributed by atoms with van der Waals surface area (Å²) in [5.41, 5.74) is 1.67. The van der Waals surface area contributed by atoms with Gasteiger partial charge >= 0.3 is 0 Å². The van der Waals surface area contributed by atoms with E-state index < -0.39 is 0 Å². The second-order valence-electron chi connectivity index (χ2n) is 6.18. The molecule has 0 aromatic carbocycles. The Bertz CT molecular complexity index is 434. The van der Waals surface area contributed by atoms with Gasteiger partial charge in [0.05, 0.1) is 5.69 Å². The Labute approximate surface area is 114 Å². The lowest BCUT2D eigenvalue weighted by Gasteiger charge is -2.31. The Balaban J connectivity index is 1.90. The van der Waals surface area contributed by atoms with Gasteiger partial charge in [0.1, 0.15) is 0 Å². The van der Waals surface area contributed by atoms with Gasteiger partial charge in [-0.15, -0.1) is 11.3 Å². The molecular formula is C14H23N3S. The van der Waals surface area contributed by atoms with E-state index in [4.69, 9.17) is 4.98 Å². The van der Waals surface area contributed by atoms with Crippen molar-refractivity contribution < 1.29 is 0 Å². The van der Waals surface area contributed by atoms with Crippen LogP contribution in [0.25, 0.3) is 0 Å². The maximum Gasteiger partial charge on any atom is 0.186 e. The van der Waals surface area contributed by atoms with Gasteiger partial charge in [-0.05, 0) is 46.6 Å². The number of thiazole rings is 1. The first kappa shape index (κ1) is 12.4. The first-order valence-electron chi connectivity index (χ1n) is 7.03. The smallest absolute Gasteiger partial charge is 0.186 e. The molecule has 2 fully saturated rings. The number of hydrogen-bond donors (Lipinski definition) is 1. The van der Waals surface area contributed by atoms with E-state index >= 15 is 0 Å². The van der Waals surface area contributed by atoms with E-state index in [1.54, 1.807) is 0 Å². The normalized spacial score (nSPS) is 22.7. The van der Waals surface area contributed by atoms with Crippen LogP contribution in [0.2, 0.25) is 0 Å². The van der Waals surface area contributed by atoms with Crippen molar-refractivity contribution in [1.82, 2.24) is 10.3 Å². The molecule has 4 heteroatoms. The number of anilines is 1. The molecule has 18 heavy (non-hydrogen) atoms. The van der Waals surface area contributed by atoms with Crippen molar-refractivity contribution in [3.05, 3.63) is 10.6 Å². The third kappa shape index (κ3) is 2.16. The Morgan fingerprint density at radius 2 is 2.22 bits per heavy atom. The quantitative estimate of drug-likeness (QED) is 0.906. The van der Waals surface area contributed by atoms with Crippen molar-refractivity contribution in [1.29, 1.82) is 0 Å². The minimum atomic E-state index is 0.287. The molecule has 0 atom stereocenters. The molecule has 1 aliphatic heterocycles. The summed E-state index contributed by atoms with van der Waals surface area (Å²) in [5.74, 6) is 0.754. The van der Waals surface area contributed by atoms with Crippen molar-refractivity contribution >= 4 is 16.5 Å². The summed E-state index contributed by atoms with van der Waals surface area (Å²) in [6.07, 6.45) is 5.26. The average Bonchev–Trinajstić information content (AvgIpc) is 2.98. The van der Waals surface area contributed by atoms with E-state index in [9.17, 15) is 0 Å². The summed E-state index contributed by atoms with van der Waals surface area (Å²) in [7, 11) is 2.02. The van der Waals surface area contributed by atoms with Crippen molar-refractivity contribution in [2.45, 2.75) is 57.5 Å². The highest BCUT2D eigenvalue weighted by molar-refractivity contribution is 7.15. The largest absolute Gasteiger partial charge is 0.343 e. The van der Waals surface area contributed by atoms with Gasteiger partial charge < -0.3 is 10.2 Å². The lowest BCUT2D eigenvalue weighted by molar-refractivity contribution is 0.517. The van der Waals surface area contributed by atoms with Crippen molar-refractivity contribution in [2.24, 2.45) is 0 Å². The predicted octanol–water partition coefficient (Wildman–Crippen LogP) is 3.12. The van der Waals surface area contributed by atoms with E-state index in [1.807, 2.05) is 18.4 Å². The maximum absolute atomic E-state index is 4.97. The number of nitrogens with zero attached hydrogens (tertiary/aromatic N) is 2. The summed E-state index contributed by atoms with van der Waals surface area (Å²) in [6.45, 7) is 6.83. The Morgan fingerprint density at radius 1 is 1.44 bits per heavy atom. The van der Waals surface area contributed by atoms with Crippen LogP contribution < -0.4 is 10.2 Å². The highest BCUT2D eigenvalue weighted by atomic mass is 32.1. The van der Waals surface area contributed by atoms with Crippen LogP contribution in [0.3, 0.4) is 0 Å². The van der Waals surface area contributed by atoms with Crippen LogP contribution in [0.4, 0.5) is 5.13 Å². The van der Waals surface area contributed by atoms with Gasteiger partial charge in [0.2, 0.25) is 0 Å². The summed E-state index contributed by atoms with van der Waals surface area (Å²) >= 11 is 1.90. The number of rotatable bonds is 4. The van der Waals surface area contributed by atoms with Gasteiger partial charge in [-0.25, -0.2) is 4.98 Å². The zero-order valence-electron chi connectivity index (χ0n) is 11.6. The van der Waals surface area contributed by atoms with Crippen LogP contribution in [0.15, 0.2) is 0 Å². The topological polar surface area (TPSA) is 28.2 Å². The molecule has 0 spiro atoms. The van der Waals surface area contributed by atoms with E-state index in [-0.39, 0.29) is 5.54 Å². The van der Waals surface area contributed by atoms with Crippen LogP contribution in [-0.2, 0) is 6.54 Å². The fourth-order valence-electron chi connectivity index (χ4n) is 2.89. The van der Waals surface area contributed by atoms with Crippen LogP contribution in [-0.4, -0.2) is 24.1 Å². The molecule has 1 aromatic heterocycles. The zero-order valence-corrected chi connectivity index (χ0v) is 12.4. The molecular weight excluding hydrogens is 242 g/mol. The summed E-state index contributed by atoms with van der Waals surface area (Å²) < 4.78 is 0. The number of hydrogen-bond acceptors (Lipinski definition) is 4. The van der Waals surface area contributed by atoms with Gasteiger partial charge in [0.25, 0.3) is 0 Å². The lowest BCUT2D eigenvalue weighted by atomic mass is 10.0. The molecule has 3 nitrogen and oxygen atoms in total. The first-order chi connectivity index (χ1) is 8.62. The third-order valence-electron chi connectivity index (χ3n) is 4.15. The molecule has 2 heterocycles. The van der Waals surface area contributed by atoms with Crippen molar-refractivity contribution in [3.8, 4) is 0 Å². The molecule has 1 aromatic rings. The van der Waals surface area contributed by atoms with Gasteiger partial charge in [-0.2, -0.15) is 0 Å². The molecule has 0 bridgehead atoms. The SMILES string of the molecule is CNCc1sc(N2CCCC2(C)C)nc1C1CC1. The summed E-state index contributed by atoms with van der Waals surface area (Å²) in [6, 6.07) is 0. The molecule has 1 aliphatic carbocycles. The molecule has 0 unspecified atom stereocenters.